The zero-order chi connectivity index (χ0) is 13.8. The van der Waals surface area contributed by atoms with Gasteiger partial charge in [0.2, 0.25) is 0 Å². The van der Waals surface area contributed by atoms with E-state index in [1.807, 2.05) is 0 Å². The van der Waals surface area contributed by atoms with E-state index >= 15 is 0 Å². The van der Waals surface area contributed by atoms with Crippen LogP contribution in [0.1, 0.15) is 12.1 Å². The van der Waals surface area contributed by atoms with Crippen molar-refractivity contribution in [2.45, 2.75) is 25.1 Å². The third kappa shape index (κ3) is 3.16. The number of β-amino-alcohol motifs (C(OH)–C–C–N with tert-alkyl or cyclic N) is 1. The number of hydrogen-bond acceptors (Lipinski definition) is 5. The highest BCUT2D eigenvalue weighted by molar-refractivity contribution is 5.83. The summed E-state index contributed by atoms with van der Waals surface area (Å²) in [5.41, 5.74) is 0.572. The number of carboxylic acids is 1. The van der Waals surface area contributed by atoms with E-state index in [0.717, 1.165) is 4.90 Å². The summed E-state index contributed by atoms with van der Waals surface area (Å²) in [6.45, 7) is 0.175. The minimum atomic E-state index is -1.12. The van der Waals surface area contributed by atoms with Crippen molar-refractivity contribution < 1.29 is 19.8 Å². The molecule has 8 heteroatoms. The van der Waals surface area contributed by atoms with Crippen molar-refractivity contribution in [3.05, 3.63) is 24.0 Å². The molecule has 0 radical (unpaired) electrons. The Morgan fingerprint density at radius 3 is 2.95 bits per heavy atom. The van der Waals surface area contributed by atoms with E-state index in [9.17, 15) is 14.7 Å². The highest BCUT2D eigenvalue weighted by Gasteiger charge is 2.38. The van der Waals surface area contributed by atoms with E-state index < -0.39 is 24.1 Å². The molecule has 1 aliphatic rings. The third-order valence-corrected chi connectivity index (χ3v) is 2.87. The van der Waals surface area contributed by atoms with Gasteiger partial charge in [-0.2, -0.15) is 10.2 Å². The van der Waals surface area contributed by atoms with Crippen LogP contribution in [0.5, 0.6) is 0 Å². The molecule has 2 atom stereocenters. The Hall–Kier alpha value is -2.22. The van der Waals surface area contributed by atoms with Crippen molar-refractivity contribution in [2.75, 3.05) is 6.54 Å². The van der Waals surface area contributed by atoms with Crippen molar-refractivity contribution in [1.82, 2.24) is 20.4 Å². The lowest BCUT2D eigenvalue weighted by molar-refractivity contribution is -0.141. The molecule has 0 saturated carbocycles. The molecule has 0 bridgehead atoms. The Balaban J connectivity index is 1.94. The number of aliphatic hydroxyl groups is 1. The smallest absolute Gasteiger partial charge is 0.326 e. The van der Waals surface area contributed by atoms with Crippen LogP contribution in [0.15, 0.2) is 18.3 Å². The molecule has 19 heavy (non-hydrogen) atoms. The van der Waals surface area contributed by atoms with Gasteiger partial charge >= 0.3 is 12.0 Å². The molecule has 8 nitrogen and oxygen atoms in total. The van der Waals surface area contributed by atoms with Gasteiger partial charge in [-0.1, -0.05) is 0 Å². The molecule has 1 aromatic rings. The first-order valence-corrected chi connectivity index (χ1v) is 5.80. The molecular weight excluding hydrogens is 252 g/mol. The van der Waals surface area contributed by atoms with E-state index in [4.69, 9.17) is 5.11 Å². The Morgan fingerprint density at radius 1 is 1.53 bits per heavy atom. The molecule has 0 unspecified atom stereocenters. The van der Waals surface area contributed by atoms with Gasteiger partial charge in [-0.15, -0.1) is 0 Å². The summed E-state index contributed by atoms with van der Waals surface area (Å²) >= 11 is 0. The predicted octanol–water partition coefficient (Wildman–Crippen LogP) is -0.794. The predicted molar refractivity (Wildman–Crippen MR) is 63.0 cm³/mol. The largest absolute Gasteiger partial charge is 0.480 e. The van der Waals surface area contributed by atoms with Crippen molar-refractivity contribution in [2.24, 2.45) is 0 Å². The van der Waals surface area contributed by atoms with E-state index in [-0.39, 0.29) is 19.5 Å². The van der Waals surface area contributed by atoms with Crippen LogP contribution in [0.3, 0.4) is 0 Å². The van der Waals surface area contributed by atoms with Crippen LogP contribution in [0, 0.1) is 0 Å². The summed E-state index contributed by atoms with van der Waals surface area (Å²) in [6.07, 6.45) is 0.764. The lowest BCUT2D eigenvalue weighted by Crippen LogP contribution is -2.46. The molecule has 1 aliphatic heterocycles. The lowest BCUT2D eigenvalue weighted by Gasteiger charge is -2.21. The number of aromatic nitrogens is 2. The maximum Gasteiger partial charge on any atom is 0.326 e. The molecule has 1 fully saturated rings. The number of urea groups is 1. The summed E-state index contributed by atoms with van der Waals surface area (Å²) in [5, 5.41) is 28.4. The van der Waals surface area contributed by atoms with Crippen LogP contribution < -0.4 is 5.32 Å². The standard InChI is InChI=1S/C11H14N4O4/c16-8-4-9(10(17)18)15(6-8)11(19)12-5-7-2-1-3-13-14-7/h1-3,8-9,16H,4-6H2,(H,12,19)(H,17,18)/t8-,9-/m1/s1. The average Bonchev–Trinajstić information content (AvgIpc) is 2.79. The quantitative estimate of drug-likeness (QED) is 0.660. The number of amides is 2. The molecule has 1 saturated heterocycles. The van der Waals surface area contributed by atoms with Crippen molar-refractivity contribution >= 4 is 12.0 Å². The van der Waals surface area contributed by atoms with Gasteiger partial charge in [0.25, 0.3) is 0 Å². The number of nitrogens with one attached hydrogen (secondary N) is 1. The highest BCUT2D eigenvalue weighted by atomic mass is 16.4. The van der Waals surface area contributed by atoms with Crippen LogP contribution in [-0.2, 0) is 11.3 Å². The van der Waals surface area contributed by atoms with Crippen molar-refractivity contribution in [3.8, 4) is 0 Å². The Morgan fingerprint density at radius 2 is 2.32 bits per heavy atom. The number of aliphatic carboxylic acids is 1. The highest BCUT2D eigenvalue weighted by Crippen LogP contribution is 2.18. The monoisotopic (exact) mass is 266 g/mol. The van der Waals surface area contributed by atoms with Crippen LogP contribution in [0.4, 0.5) is 4.79 Å². The van der Waals surface area contributed by atoms with E-state index in [2.05, 4.69) is 15.5 Å². The van der Waals surface area contributed by atoms with Gasteiger partial charge in [-0.25, -0.2) is 9.59 Å². The molecule has 2 amide bonds. The van der Waals surface area contributed by atoms with Crippen LogP contribution in [0.25, 0.3) is 0 Å². The number of aliphatic hydroxyl groups excluding tert-OH is 1. The Labute approximate surface area is 109 Å². The number of carboxylic acid groups (broad SMARTS) is 1. The lowest BCUT2D eigenvalue weighted by atomic mass is 10.2. The molecule has 0 aromatic carbocycles. The summed E-state index contributed by atoms with van der Waals surface area (Å²) in [7, 11) is 0. The van der Waals surface area contributed by atoms with E-state index in [1.165, 1.54) is 6.20 Å². The van der Waals surface area contributed by atoms with Gasteiger partial charge in [-0.3, -0.25) is 0 Å². The number of carbonyl (C=O) groups excluding carboxylic acids is 1. The fourth-order valence-corrected chi connectivity index (χ4v) is 1.97. The molecule has 3 N–H and O–H groups in total. The van der Waals surface area contributed by atoms with E-state index in [1.54, 1.807) is 12.1 Å². The van der Waals surface area contributed by atoms with Gasteiger partial charge in [0.1, 0.15) is 6.04 Å². The second-order valence-electron chi connectivity index (χ2n) is 4.27. The second kappa shape index (κ2) is 5.61. The second-order valence-corrected chi connectivity index (χ2v) is 4.27. The zero-order valence-electron chi connectivity index (χ0n) is 10.1. The minimum Gasteiger partial charge on any atom is -0.480 e. The van der Waals surface area contributed by atoms with Crippen LogP contribution >= 0.6 is 0 Å². The van der Waals surface area contributed by atoms with Crippen molar-refractivity contribution in [1.29, 1.82) is 0 Å². The Bertz CT molecular complexity index is 467. The van der Waals surface area contributed by atoms with Gasteiger partial charge in [0.15, 0.2) is 0 Å². The topological polar surface area (TPSA) is 116 Å². The fourth-order valence-electron chi connectivity index (χ4n) is 1.97. The van der Waals surface area contributed by atoms with Gasteiger partial charge < -0.3 is 20.4 Å². The van der Waals surface area contributed by atoms with Crippen LogP contribution in [-0.4, -0.2) is 56.0 Å². The normalized spacial score (nSPS) is 22.3. The van der Waals surface area contributed by atoms with Gasteiger partial charge in [0.05, 0.1) is 18.3 Å². The number of rotatable bonds is 3. The zero-order valence-corrected chi connectivity index (χ0v) is 10.1. The first kappa shape index (κ1) is 13.2. The maximum atomic E-state index is 11.9. The molecule has 0 aliphatic carbocycles. The SMILES string of the molecule is O=C(O)[C@H]1C[C@@H](O)CN1C(=O)NCc1cccnn1. The first-order valence-electron chi connectivity index (χ1n) is 5.80. The number of nitrogens with zero attached hydrogens (tertiary/aromatic N) is 3. The molecule has 102 valence electrons. The van der Waals surface area contributed by atoms with Gasteiger partial charge in [-0.05, 0) is 12.1 Å². The summed E-state index contributed by atoms with van der Waals surface area (Å²) < 4.78 is 0. The molecular formula is C11H14N4O4. The summed E-state index contributed by atoms with van der Waals surface area (Å²) in [4.78, 5) is 24.0. The maximum absolute atomic E-state index is 11.9. The first-order chi connectivity index (χ1) is 9.08. The summed E-state index contributed by atoms with van der Waals surface area (Å²) in [6, 6.07) is 1.86. The number of hydrogen-bond donors (Lipinski definition) is 3. The third-order valence-electron chi connectivity index (χ3n) is 2.87. The minimum absolute atomic E-state index is 0.0171. The molecule has 0 spiro atoms. The number of likely N-dealkylation sites (tertiary alicyclic amines) is 1. The number of carbonyl (C=O) groups is 2. The van der Waals surface area contributed by atoms with Crippen molar-refractivity contribution in [3.63, 3.8) is 0 Å². The molecule has 1 aromatic heterocycles. The average molecular weight is 266 g/mol. The van der Waals surface area contributed by atoms with Crippen LogP contribution in [0.2, 0.25) is 0 Å². The van der Waals surface area contributed by atoms with Gasteiger partial charge in [0, 0.05) is 19.2 Å². The Kier molecular flexibility index (Phi) is 3.91. The molecule has 2 rings (SSSR count). The van der Waals surface area contributed by atoms with E-state index in [0.29, 0.717) is 5.69 Å². The fraction of sp³-hybridized carbons (Fsp3) is 0.455. The molecule has 2 heterocycles. The summed E-state index contributed by atoms with van der Waals surface area (Å²) in [5.74, 6) is -1.12.